The van der Waals surface area contributed by atoms with Crippen molar-refractivity contribution in [3.8, 4) is 0 Å². The number of rotatable bonds is 7. The van der Waals surface area contributed by atoms with Crippen molar-refractivity contribution in [1.29, 1.82) is 0 Å². The van der Waals surface area contributed by atoms with Crippen molar-refractivity contribution >= 4 is 47.0 Å². The number of nitrogens with one attached hydrogen (secondary N) is 2. The van der Waals surface area contributed by atoms with Crippen LogP contribution < -0.4 is 21.8 Å². The molecule has 0 amide bonds. The van der Waals surface area contributed by atoms with Gasteiger partial charge in [0, 0.05) is 22.1 Å². The van der Waals surface area contributed by atoms with Crippen LogP contribution in [0.1, 0.15) is 10.4 Å². The summed E-state index contributed by atoms with van der Waals surface area (Å²) in [5.74, 6) is 1.01. The normalized spacial score (nSPS) is 12.8. The van der Waals surface area contributed by atoms with Crippen LogP contribution >= 0.6 is 34.9 Å². The predicted octanol–water partition coefficient (Wildman–Crippen LogP) is 2.16. The van der Waals surface area contributed by atoms with Crippen LogP contribution in [-0.4, -0.2) is 47.5 Å². The zero-order valence-corrected chi connectivity index (χ0v) is 19.0. The van der Waals surface area contributed by atoms with Gasteiger partial charge in [-0.15, -0.1) is 34.9 Å². The Bertz CT molecular complexity index is 1190. The largest absolute Gasteiger partial charge is 0.316 e. The summed E-state index contributed by atoms with van der Waals surface area (Å²) in [4.78, 5) is 34.5. The molecular weight excluding hydrogens is 422 g/mol. The first-order valence-electron chi connectivity index (χ1n) is 9.02. The van der Waals surface area contributed by atoms with Crippen molar-refractivity contribution in [3.63, 3.8) is 0 Å². The molecule has 0 fully saturated rings. The Kier molecular flexibility index (Phi) is 7.60. The minimum Gasteiger partial charge on any atom is -0.316 e. The van der Waals surface area contributed by atoms with Crippen LogP contribution in [0.25, 0.3) is 12.2 Å². The minimum atomic E-state index is -0.318. The summed E-state index contributed by atoms with van der Waals surface area (Å²) < 4.78 is 1.19. The molecule has 0 bridgehead atoms. The van der Waals surface area contributed by atoms with E-state index in [1.54, 1.807) is 47.0 Å². The van der Waals surface area contributed by atoms with Gasteiger partial charge in [-0.2, -0.15) is 0 Å². The Balaban J connectivity index is 1.85. The second kappa shape index (κ2) is 10.2. The van der Waals surface area contributed by atoms with Crippen LogP contribution in [-0.2, 0) is 0 Å². The first kappa shape index (κ1) is 21.7. The molecule has 0 spiro atoms. The van der Waals surface area contributed by atoms with Crippen molar-refractivity contribution in [1.82, 2.24) is 14.9 Å². The van der Waals surface area contributed by atoms with Gasteiger partial charge in [0.1, 0.15) is 10.7 Å². The number of benzene rings is 1. The average molecular weight is 446 g/mol. The van der Waals surface area contributed by atoms with Gasteiger partial charge >= 0.3 is 0 Å². The van der Waals surface area contributed by atoms with Crippen LogP contribution in [0.5, 0.6) is 0 Å². The topological polar surface area (TPSA) is 69.0 Å². The second-order valence-corrected chi connectivity index (χ2v) is 10.00. The van der Waals surface area contributed by atoms with Gasteiger partial charge in [0.05, 0.1) is 4.21 Å². The molecule has 1 aromatic carbocycles. The number of nitrogens with zero attached hydrogens (tertiary/aromatic N) is 1. The third-order valence-electron chi connectivity index (χ3n) is 4.08. The van der Waals surface area contributed by atoms with E-state index < -0.39 is 0 Å². The first-order valence-corrected chi connectivity index (χ1v) is 12.0. The average Bonchev–Trinajstić information content (AvgIpc) is 3.13. The molecule has 0 unspecified atom stereocenters. The second-order valence-electron chi connectivity index (χ2n) is 6.61. The lowest BCUT2D eigenvalue weighted by Gasteiger charge is -2.07. The molecule has 8 heteroatoms. The molecule has 0 atom stereocenters. The monoisotopic (exact) mass is 445 g/mol. The van der Waals surface area contributed by atoms with E-state index in [2.05, 4.69) is 29.0 Å². The van der Waals surface area contributed by atoms with Gasteiger partial charge in [0.2, 0.25) is 0 Å². The summed E-state index contributed by atoms with van der Waals surface area (Å²) in [6.07, 6.45) is 5.41. The van der Waals surface area contributed by atoms with Crippen LogP contribution in [0, 0.1) is 0 Å². The zero-order chi connectivity index (χ0) is 20.8. The molecule has 3 rings (SSSR count). The Morgan fingerprint density at radius 3 is 2.24 bits per heavy atom. The third kappa shape index (κ3) is 6.24. The number of thiophene rings is 1. The van der Waals surface area contributed by atoms with Gasteiger partial charge in [-0.3, -0.25) is 9.59 Å². The summed E-state index contributed by atoms with van der Waals surface area (Å²) in [6.45, 7) is 1.01. The summed E-state index contributed by atoms with van der Waals surface area (Å²) in [6, 6.07) is 11.8. The van der Waals surface area contributed by atoms with E-state index >= 15 is 0 Å². The molecule has 0 radical (unpaired) electrons. The van der Waals surface area contributed by atoms with Crippen LogP contribution in [0.3, 0.4) is 0 Å². The quantitative estimate of drug-likeness (QED) is 0.546. The Morgan fingerprint density at radius 1 is 0.966 bits per heavy atom. The number of thioether (sulfide) groups is 2. The number of H-pyrrole nitrogens is 2. The number of aromatic amines is 2. The fraction of sp³-hybridized carbons (Fsp3) is 0.238. The standard InChI is InChI=1S/C21H23N3O2S3/c1-24(2)10-11-28-19-9-8-16(29-19)13-18-21(26)22-17(20(25)23-18)12-14-4-6-15(27-3)7-5-14/h4-9,12-13H,10-11H2,1-3H3,(H,22,26)(H,23,25). The van der Waals surface area contributed by atoms with E-state index in [0.717, 1.165) is 27.6 Å². The molecule has 0 saturated carbocycles. The van der Waals surface area contributed by atoms with E-state index in [1.165, 1.54) is 4.21 Å². The molecule has 2 heterocycles. The number of hydrogen-bond donors (Lipinski definition) is 2. The Labute approximate surface area is 181 Å². The molecule has 0 aliphatic carbocycles. The highest BCUT2D eigenvalue weighted by molar-refractivity contribution is 8.01. The molecule has 2 N–H and O–H groups in total. The van der Waals surface area contributed by atoms with E-state index in [-0.39, 0.29) is 21.8 Å². The number of hydrogen-bond acceptors (Lipinski definition) is 6. The summed E-state index contributed by atoms with van der Waals surface area (Å²) in [5, 5.41) is 0.506. The smallest absolute Gasteiger partial charge is 0.272 e. The van der Waals surface area contributed by atoms with E-state index in [9.17, 15) is 9.59 Å². The molecule has 5 nitrogen and oxygen atoms in total. The van der Waals surface area contributed by atoms with Crippen LogP contribution in [0.4, 0.5) is 0 Å². The number of aromatic nitrogens is 2. The summed E-state index contributed by atoms with van der Waals surface area (Å²) >= 11 is 5.05. The third-order valence-corrected chi connectivity index (χ3v) is 7.07. The molecule has 3 aromatic rings. The van der Waals surface area contributed by atoms with Crippen molar-refractivity contribution in [3.05, 3.63) is 78.2 Å². The molecule has 0 saturated heterocycles. The van der Waals surface area contributed by atoms with Crippen LogP contribution in [0.15, 0.2) is 55.1 Å². The lowest BCUT2D eigenvalue weighted by atomic mass is 10.2. The van der Waals surface area contributed by atoms with Crippen molar-refractivity contribution in [2.24, 2.45) is 0 Å². The van der Waals surface area contributed by atoms with Gasteiger partial charge in [0.25, 0.3) is 11.1 Å². The van der Waals surface area contributed by atoms with Crippen molar-refractivity contribution in [2.45, 2.75) is 9.10 Å². The van der Waals surface area contributed by atoms with Gasteiger partial charge in [-0.25, -0.2) is 0 Å². The molecule has 29 heavy (non-hydrogen) atoms. The van der Waals surface area contributed by atoms with Gasteiger partial charge in [0.15, 0.2) is 0 Å². The van der Waals surface area contributed by atoms with E-state index in [4.69, 9.17) is 0 Å². The highest BCUT2D eigenvalue weighted by Crippen LogP contribution is 2.27. The van der Waals surface area contributed by atoms with Gasteiger partial charge in [-0.1, -0.05) is 12.1 Å². The van der Waals surface area contributed by atoms with Crippen molar-refractivity contribution in [2.75, 3.05) is 32.6 Å². The lowest BCUT2D eigenvalue weighted by molar-refractivity contribution is 0.437. The van der Waals surface area contributed by atoms with Gasteiger partial charge in [-0.05, 0) is 62.3 Å². The SMILES string of the molecule is CSc1ccc(C=c2[nH]c(=O)c(=Cc3ccc(SCCN(C)C)s3)[nH]c2=O)cc1. The summed E-state index contributed by atoms with van der Waals surface area (Å²) in [7, 11) is 4.11. The van der Waals surface area contributed by atoms with Gasteiger partial charge < -0.3 is 14.9 Å². The maximum Gasteiger partial charge on any atom is 0.272 e. The van der Waals surface area contributed by atoms with E-state index in [1.807, 2.05) is 42.7 Å². The maximum absolute atomic E-state index is 12.5. The first-order chi connectivity index (χ1) is 13.9. The molecule has 152 valence electrons. The zero-order valence-electron chi connectivity index (χ0n) is 16.5. The highest BCUT2D eigenvalue weighted by Gasteiger charge is 2.02. The van der Waals surface area contributed by atoms with E-state index in [0.29, 0.717) is 0 Å². The Morgan fingerprint density at radius 2 is 1.62 bits per heavy atom. The highest BCUT2D eigenvalue weighted by atomic mass is 32.2. The van der Waals surface area contributed by atoms with Crippen LogP contribution in [0.2, 0.25) is 0 Å². The Hall–Kier alpha value is -2.00. The maximum atomic E-state index is 12.5. The fourth-order valence-corrected chi connectivity index (χ4v) is 5.21. The minimum absolute atomic E-state index is 0.246. The molecule has 0 aliphatic heterocycles. The van der Waals surface area contributed by atoms with Crippen molar-refractivity contribution < 1.29 is 0 Å². The lowest BCUT2D eigenvalue weighted by Crippen LogP contribution is -2.46. The molecule has 0 aliphatic rings. The predicted molar refractivity (Wildman–Crippen MR) is 126 cm³/mol. The molecule has 2 aromatic heterocycles. The molecular formula is C21H23N3O2S3. The summed E-state index contributed by atoms with van der Waals surface area (Å²) in [5.41, 5.74) is 0.229. The fourth-order valence-electron chi connectivity index (χ4n) is 2.52.